The van der Waals surface area contributed by atoms with Crippen molar-refractivity contribution in [3.8, 4) is 11.3 Å². The number of hydrogen-bond acceptors (Lipinski definition) is 3. The molecular formula is C16H18FN3O2. The number of likely N-dealkylation sites (tertiary alicyclic amines) is 1. The highest BCUT2D eigenvalue weighted by atomic mass is 19.1. The molecule has 116 valence electrons. The van der Waals surface area contributed by atoms with E-state index in [2.05, 4.69) is 10.00 Å². The summed E-state index contributed by atoms with van der Waals surface area (Å²) in [5.74, 6) is -1.35. The van der Waals surface area contributed by atoms with E-state index >= 15 is 0 Å². The van der Waals surface area contributed by atoms with Crippen molar-refractivity contribution in [1.29, 1.82) is 0 Å². The summed E-state index contributed by atoms with van der Waals surface area (Å²) in [5.41, 5.74) is 1.85. The molecule has 6 heteroatoms. The fourth-order valence-electron chi connectivity index (χ4n) is 2.86. The maximum Gasteiger partial charge on any atom is 0.356 e. The molecule has 0 saturated carbocycles. The van der Waals surface area contributed by atoms with Gasteiger partial charge in [-0.15, -0.1) is 0 Å². The van der Waals surface area contributed by atoms with E-state index in [4.69, 9.17) is 5.11 Å². The molecule has 22 heavy (non-hydrogen) atoms. The van der Waals surface area contributed by atoms with Gasteiger partial charge in [-0.25, -0.2) is 9.18 Å². The Bertz CT molecular complexity index is 705. The van der Waals surface area contributed by atoms with E-state index < -0.39 is 5.97 Å². The Morgan fingerprint density at radius 1 is 1.32 bits per heavy atom. The molecule has 0 bridgehead atoms. The van der Waals surface area contributed by atoms with Crippen molar-refractivity contribution in [2.45, 2.75) is 19.4 Å². The van der Waals surface area contributed by atoms with Crippen LogP contribution in [0.15, 0.2) is 24.3 Å². The van der Waals surface area contributed by atoms with E-state index in [9.17, 15) is 9.18 Å². The van der Waals surface area contributed by atoms with Gasteiger partial charge >= 0.3 is 5.97 Å². The number of benzene rings is 1. The highest BCUT2D eigenvalue weighted by molar-refractivity contribution is 5.87. The standard InChI is InChI=1S/C16H18FN3O2/c1-19-15(9-14(18-19)16(21)22)11-4-5-12(13(17)8-11)10-20-6-2-3-7-20/h4-5,8-9H,2-3,6-7,10H2,1H3,(H,21,22). The van der Waals surface area contributed by atoms with Crippen LogP contribution in [0.25, 0.3) is 11.3 Å². The molecule has 1 fully saturated rings. The highest BCUT2D eigenvalue weighted by Gasteiger charge is 2.16. The number of nitrogens with zero attached hydrogens (tertiary/aromatic N) is 3. The smallest absolute Gasteiger partial charge is 0.356 e. The molecule has 1 aliphatic heterocycles. The fraction of sp³-hybridized carbons (Fsp3) is 0.375. The van der Waals surface area contributed by atoms with Gasteiger partial charge in [0.2, 0.25) is 0 Å². The largest absolute Gasteiger partial charge is 0.476 e. The average molecular weight is 303 g/mol. The van der Waals surface area contributed by atoms with Crippen molar-refractivity contribution < 1.29 is 14.3 Å². The first-order valence-corrected chi connectivity index (χ1v) is 7.33. The van der Waals surface area contributed by atoms with Gasteiger partial charge in [-0.2, -0.15) is 5.10 Å². The number of aromatic nitrogens is 2. The number of halogens is 1. The molecule has 0 amide bonds. The molecule has 0 aliphatic carbocycles. The van der Waals surface area contributed by atoms with E-state index in [1.807, 2.05) is 6.07 Å². The molecule has 1 aliphatic rings. The minimum absolute atomic E-state index is 0.0425. The maximum absolute atomic E-state index is 14.3. The van der Waals surface area contributed by atoms with Crippen LogP contribution >= 0.6 is 0 Å². The van der Waals surface area contributed by atoms with Crippen LogP contribution in [-0.4, -0.2) is 38.8 Å². The summed E-state index contributed by atoms with van der Waals surface area (Å²) in [6.45, 7) is 2.66. The molecule has 0 unspecified atom stereocenters. The van der Waals surface area contributed by atoms with Crippen molar-refractivity contribution >= 4 is 5.97 Å². The summed E-state index contributed by atoms with van der Waals surface area (Å²) in [5, 5.41) is 12.9. The van der Waals surface area contributed by atoms with Crippen molar-refractivity contribution in [2.75, 3.05) is 13.1 Å². The van der Waals surface area contributed by atoms with Gasteiger partial charge < -0.3 is 5.11 Å². The molecule has 2 aromatic rings. The minimum atomic E-state index is -1.09. The minimum Gasteiger partial charge on any atom is -0.476 e. The van der Waals surface area contributed by atoms with Gasteiger partial charge in [-0.05, 0) is 38.1 Å². The van der Waals surface area contributed by atoms with Crippen molar-refractivity contribution in [3.63, 3.8) is 0 Å². The number of hydrogen-bond donors (Lipinski definition) is 1. The quantitative estimate of drug-likeness (QED) is 0.943. The second-order valence-corrected chi connectivity index (χ2v) is 5.63. The van der Waals surface area contributed by atoms with Gasteiger partial charge in [0.1, 0.15) is 5.82 Å². The zero-order valence-electron chi connectivity index (χ0n) is 12.4. The Kier molecular flexibility index (Phi) is 3.94. The third-order valence-electron chi connectivity index (χ3n) is 4.04. The molecule has 1 aromatic heterocycles. The van der Waals surface area contributed by atoms with E-state index in [-0.39, 0.29) is 11.5 Å². The van der Waals surface area contributed by atoms with Crippen molar-refractivity contribution in [3.05, 3.63) is 41.3 Å². The monoisotopic (exact) mass is 303 g/mol. The van der Waals surface area contributed by atoms with Gasteiger partial charge in [-0.1, -0.05) is 12.1 Å². The normalized spacial score (nSPS) is 15.4. The Morgan fingerprint density at radius 3 is 2.64 bits per heavy atom. The van der Waals surface area contributed by atoms with Gasteiger partial charge in [0.15, 0.2) is 5.69 Å². The van der Waals surface area contributed by atoms with E-state index in [1.54, 1.807) is 13.1 Å². The summed E-state index contributed by atoms with van der Waals surface area (Å²) in [6, 6.07) is 6.50. The third kappa shape index (κ3) is 2.87. The molecule has 0 radical (unpaired) electrons. The van der Waals surface area contributed by atoms with Gasteiger partial charge in [0.05, 0.1) is 5.69 Å². The predicted octanol–water partition coefficient (Wildman–Crippen LogP) is 2.52. The number of carboxylic acid groups (broad SMARTS) is 1. The molecule has 5 nitrogen and oxygen atoms in total. The van der Waals surface area contributed by atoms with Crippen LogP contribution in [0.5, 0.6) is 0 Å². The number of carbonyl (C=O) groups is 1. The summed E-state index contributed by atoms with van der Waals surface area (Å²) < 4.78 is 15.8. The first-order valence-electron chi connectivity index (χ1n) is 7.33. The molecule has 1 aromatic carbocycles. The number of carboxylic acids is 1. The second-order valence-electron chi connectivity index (χ2n) is 5.63. The van der Waals surface area contributed by atoms with Crippen molar-refractivity contribution in [2.24, 2.45) is 7.05 Å². The lowest BCUT2D eigenvalue weighted by molar-refractivity contribution is 0.0689. The molecule has 3 rings (SSSR count). The third-order valence-corrected chi connectivity index (χ3v) is 4.04. The van der Waals surface area contributed by atoms with Crippen LogP contribution in [0.3, 0.4) is 0 Å². The summed E-state index contributed by atoms with van der Waals surface area (Å²) in [7, 11) is 1.65. The lowest BCUT2D eigenvalue weighted by atomic mass is 10.1. The number of rotatable bonds is 4. The average Bonchev–Trinajstić information content (AvgIpc) is 3.10. The van der Waals surface area contributed by atoms with Crippen LogP contribution in [0.4, 0.5) is 4.39 Å². The summed E-state index contributed by atoms with van der Waals surface area (Å²) >= 11 is 0. The molecule has 1 saturated heterocycles. The zero-order chi connectivity index (χ0) is 15.7. The Labute approximate surface area is 128 Å². The van der Waals surface area contributed by atoms with Crippen LogP contribution in [0, 0.1) is 5.82 Å². The SMILES string of the molecule is Cn1nc(C(=O)O)cc1-c1ccc(CN2CCCC2)c(F)c1. The fourth-order valence-corrected chi connectivity index (χ4v) is 2.86. The topological polar surface area (TPSA) is 58.4 Å². The van der Waals surface area contributed by atoms with Gasteiger partial charge in [0.25, 0.3) is 0 Å². The second kappa shape index (κ2) is 5.88. The molecular weight excluding hydrogens is 285 g/mol. The summed E-state index contributed by atoms with van der Waals surface area (Å²) in [6.07, 6.45) is 2.35. The van der Waals surface area contributed by atoms with Crippen LogP contribution < -0.4 is 0 Å². The van der Waals surface area contributed by atoms with Gasteiger partial charge in [-0.3, -0.25) is 9.58 Å². The summed E-state index contributed by atoms with van der Waals surface area (Å²) in [4.78, 5) is 13.2. The molecule has 2 heterocycles. The first kappa shape index (κ1) is 14.7. The molecule has 1 N–H and O–H groups in total. The lowest BCUT2D eigenvalue weighted by Crippen LogP contribution is -2.19. The number of aryl methyl sites for hydroxylation is 1. The van der Waals surface area contributed by atoms with Crippen LogP contribution in [0.2, 0.25) is 0 Å². The van der Waals surface area contributed by atoms with Crippen LogP contribution in [0.1, 0.15) is 28.9 Å². The van der Waals surface area contributed by atoms with E-state index in [1.165, 1.54) is 29.7 Å². The van der Waals surface area contributed by atoms with E-state index in [0.29, 0.717) is 23.4 Å². The van der Waals surface area contributed by atoms with Gasteiger partial charge in [0, 0.05) is 24.7 Å². The Balaban J connectivity index is 1.86. The number of aromatic carboxylic acids is 1. The van der Waals surface area contributed by atoms with Crippen LogP contribution in [-0.2, 0) is 13.6 Å². The maximum atomic E-state index is 14.3. The van der Waals surface area contributed by atoms with Crippen molar-refractivity contribution in [1.82, 2.24) is 14.7 Å². The Hall–Kier alpha value is -2.21. The Morgan fingerprint density at radius 2 is 2.05 bits per heavy atom. The zero-order valence-corrected chi connectivity index (χ0v) is 12.4. The lowest BCUT2D eigenvalue weighted by Gasteiger charge is -2.15. The predicted molar refractivity (Wildman–Crippen MR) is 80.1 cm³/mol. The molecule has 0 atom stereocenters. The molecule has 0 spiro atoms. The highest BCUT2D eigenvalue weighted by Crippen LogP contribution is 2.24. The van der Waals surface area contributed by atoms with E-state index in [0.717, 1.165) is 13.1 Å². The first-order chi connectivity index (χ1) is 10.5.